The summed E-state index contributed by atoms with van der Waals surface area (Å²) in [5.41, 5.74) is 2.70. The minimum atomic E-state index is 0.556. The van der Waals surface area contributed by atoms with Gasteiger partial charge in [-0.05, 0) is 24.3 Å². The number of thiophene rings is 1. The molecule has 0 aliphatic carbocycles. The van der Waals surface area contributed by atoms with Crippen molar-refractivity contribution in [3.8, 4) is 38.4 Å². The average Bonchev–Trinajstić information content (AvgIpc) is 3.43. The Hall–Kier alpha value is -3.10. The third-order valence-corrected chi connectivity index (χ3v) is 6.08. The fraction of sp³-hybridized carbons (Fsp3) is 0.143. The standard InChI is InChI=1S/C21H19N3O3S2/c1-25-16-10-13(11-17(26-2)20(16)27-3)23-21-24-15(12-28-21)19-8-7-18(29-19)14-6-4-5-9-22-14/h4-12H,1-3H3,(H,23,24). The molecule has 0 bridgehead atoms. The zero-order valence-corrected chi connectivity index (χ0v) is 17.8. The van der Waals surface area contributed by atoms with Gasteiger partial charge in [-0.3, -0.25) is 4.98 Å². The monoisotopic (exact) mass is 425 g/mol. The molecule has 29 heavy (non-hydrogen) atoms. The molecule has 8 heteroatoms. The van der Waals surface area contributed by atoms with E-state index in [-0.39, 0.29) is 0 Å². The van der Waals surface area contributed by atoms with E-state index in [1.54, 1.807) is 38.9 Å². The molecule has 3 heterocycles. The molecule has 3 aromatic heterocycles. The molecule has 4 aromatic rings. The highest BCUT2D eigenvalue weighted by atomic mass is 32.1. The summed E-state index contributed by atoms with van der Waals surface area (Å²) in [7, 11) is 4.78. The molecule has 0 radical (unpaired) electrons. The molecular formula is C21H19N3O3S2. The van der Waals surface area contributed by atoms with Gasteiger partial charge >= 0.3 is 0 Å². The van der Waals surface area contributed by atoms with Gasteiger partial charge in [-0.25, -0.2) is 4.98 Å². The molecule has 4 rings (SSSR count). The van der Waals surface area contributed by atoms with Crippen molar-refractivity contribution in [2.24, 2.45) is 0 Å². The zero-order chi connectivity index (χ0) is 20.2. The number of rotatable bonds is 7. The smallest absolute Gasteiger partial charge is 0.203 e. The Morgan fingerprint density at radius 3 is 2.21 bits per heavy atom. The lowest BCUT2D eigenvalue weighted by Gasteiger charge is -2.14. The molecule has 0 saturated carbocycles. The predicted molar refractivity (Wildman–Crippen MR) is 118 cm³/mol. The lowest BCUT2D eigenvalue weighted by atomic mass is 10.2. The zero-order valence-electron chi connectivity index (χ0n) is 16.1. The summed E-state index contributed by atoms with van der Waals surface area (Å²) >= 11 is 3.21. The van der Waals surface area contributed by atoms with Gasteiger partial charge in [-0.15, -0.1) is 22.7 Å². The first-order chi connectivity index (χ1) is 14.2. The molecule has 1 aromatic carbocycles. The van der Waals surface area contributed by atoms with Gasteiger partial charge in [0.1, 0.15) is 0 Å². The Balaban J connectivity index is 1.57. The Bertz CT molecular complexity index is 1080. The summed E-state index contributed by atoms with van der Waals surface area (Å²) < 4.78 is 16.2. The van der Waals surface area contributed by atoms with Crippen LogP contribution in [0.2, 0.25) is 0 Å². The second kappa shape index (κ2) is 8.50. The SMILES string of the molecule is COc1cc(Nc2nc(-c3ccc(-c4ccccn4)s3)cs2)cc(OC)c1OC. The van der Waals surface area contributed by atoms with Gasteiger partial charge in [-0.2, -0.15) is 0 Å². The highest BCUT2D eigenvalue weighted by Gasteiger charge is 2.15. The number of anilines is 2. The van der Waals surface area contributed by atoms with Gasteiger partial charge in [0.25, 0.3) is 0 Å². The van der Waals surface area contributed by atoms with Crippen molar-refractivity contribution in [1.29, 1.82) is 0 Å². The van der Waals surface area contributed by atoms with Crippen LogP contribution in [0.25, 0.3) is 21.1 Å². The molecule has 0 fully saturated rings. The molecule has 148 valence electrons. The number of aromatic nitrogens is 2. The fourth-order valence-corrected chi connectivity index (χ4v) is 4.59. The van der Waals surface area contributed by atoms with Gasteiger partial charge in [0.05, 0.1) is 42.5 Å². The summed E-state index contributed by atoms with van der Waals surface area (Å²) in [6, 6.07) is 13.8. The minimum Gasteiger partial charge on any atom is -0.493 e. The maximum Gasteiger partial charge on any atom is 0.203 e. The van der Waals surface area contributed by atoms with E-state index in [1.165, 1.54) is 11.3 Å². The van der Waals surface area contributed by atoms with Crippen LogP contribution in [-0.4, -0.2) is 31.3 Å². The summed E-state index contributed by atoms with van der Waals surface area (Å²) in [5, 5.41) is 6.13. The molecule has 0 atom stereocenters. The number of ether oxygens (including phenoxy) is 3. The molecule has 0 spiro atoms. The van der Waals surface area contributed by atoms with E-state index >= 15 is 0 Å². The van der Waals surface area contributed by atoms with E-state index in [2.05, 4.69) is 22.4 Å². The number of thiazole rings is 1. The van der Waals surface area contributed by atoms with Crippen LogP contribution in [0.15, 0.2) is 54.0 Å². The first-order valence-electron chi connectivity index (χ1n) is 8.76. The maximum atomic E-state index is 5.41. The summed E-state index contributed by atoms with van der Waals surface area (Å²) in [4.78, 5) is 11.3. The van der Waals surface area contributed by atoms with Crippen molar-refractivity contribution in [2.45, 2.75) is 0 Å². The second-order valence-corrected chi connectivity index (χ2v) is 7.90. The number of nitrogens with zero attached hydrogens (tertiary/aromatic N) is 2. The molecule has 0 aliphatic heterocycles. The summed E-state index contributed by atoms with van der Waals surface area (Å²) in [6.45, 7) is 0. The van der Waals surface area contributed by atoms with Gasteiger partial charge < -0.3 is 19.5 Å². The van der Waals surface area contributed by atoms with Crippen molar-refractivity contribution in [2.75, 3.05) is 26.6 Å². The first-order valence-corrected chi connectivity index (χ1v) is 10.5. The maximum absolute atomic E-state index is 5.41. The third-order valence-electron chi connectivity index (χ3n) is 4.20. The number of nitrogens with one attached hydrogen (secondary N) is 1. The quantitative estimate of drug-likeness (QED) is 0.410. The largest absolute Gasteiger partial charge is 0.493 e. The number of hydrogen-bond acceptors (Lipinski definition) is 8. The highest BCUT2D eigenvalue weighted by molar-refractivity contribution is 7.19. The Morgan fingerprint density at radius 1 is 0.862 bits per heavy atom. The van der Waals surface area contributed by atoms with E-state index in [4.69, 9.17) is 19.2 Å². The van der Waals surface area contributed by atoms with Gasteiger partial charge in [0, 0.05) is 29.4 Å². The van der Waals surface area contributed by atoms with E-state index in [0.717, 1.165) is 32.0 Å². The topological polar surface area (TPSA) is 65.5 Å². The van der Waals surface area contributed by atoms with Gasteiger partial charge in [0.15, 0.2) is 16.6 Å². The predicted octanol–water partition coefficient (Wildman–Crippen LogP) is 5.70. The Morgan fingerprint density at radius 2 is 1.59 bits per heavy atom. The van der Waals surface area contributed by atoms with E-state index in [0.29, 0.717) is 17.2 Å². The number of pyridine rings is 1. The Kier molecular flexibility index (Phi) is 5.64. The van der Waals surface area contributed by atoms with Crippen LogP contribution in [0.3, 0.4) is 0 Å². The van der Waals surface area contributed by atoms with Crippen molar-refractivity contribution in [1.82, 2.24) is 9.97 Å². The minimum absolute atomic E-state index is 0.556. The number of benzene rings is 1. The van der Waals surface area contributed by atoms with Crippen molar-refractivity contribution >= 4 is 33.5 Å². The van der Waals surface area contributed by atoms with E-state index in [9.17, 15) is 0 Å². The molecule has 0 amide bonds. The number of methoxy groups -OCH3 is 3. The molecule has 1 N–H and O–H groups in total. The van der Waals surface area contributed by atoms with E-state index in [1.807, 2.05) is 35.7 Å². The van der Waals surface area contributed by atoms with Crippen LogP contribution >= 0.6 is 22.7 Å². The van der Waals surface area contributed by atoms with Crippen molar-refractivity contribution in [3.63, 3.8) is 0 Å². The molecule has 6 nitrogen and oxygen atoms in total. The van der Waals surface area contributed by atoms with Crippen LogP contribution in [0.1, 0.15) is 0 Å². The van der Waals surface area contributed by atoms with Gasteiger partial charge in [0.2, 0.25) is 5.75 Å². The second-order valence-electron chi connectivity index (χ2n) is 5.96. The van der Waals surface area contributed by atoms with Crippen LogP contribution in [0.4, 0.5) is 10.8 Å². The van der Waals surface area contributed by atoms with Crippen molar-refractivity contribution in [3.05, 3.63) is 54.0 Å². The van der Waals surface area contributed by atoms with Gasteiger partial charge in [-0.1, -0.05) is 6.07 Å². The molecule has 0 saturated heterocycles. The average molecular weight is 426 g/mol. The summed E-state index contributed by atoms with van der Waals surface area (Å²) in [5.74, 6) is 1.73. The third kappa shape index (κ3) is 4.03. The molecule has 0 unspecified atom stereocenters. The van der Waals surface area contributed by atoms with Crippen LogP contribution in [-0.2, 0) is 0 Å². The first kappa shape index (κ1) is 19.2. The lowest BCUT2D eigenvalue weighted by Crippen LogP contribution is -1.97. The number of hydrogen-bond donors (Lipinski definition) is 1. The van der Waals surface area contributed by atoms with E-state index < -0.39 is 0 Å². The highest BCUT2D eigenvalue weighted by Crippen LogP contribution is 2.41. The molecular weight excluding hydrogens is 406 g/mol. The summed E-state index contributed by atoms with van der Waals surface area (Å²) in [6.07, 6.45) is 1.80. The van der Waals surface area contributed by atoms with Crippen molar-refractivity contribution < 1.29 is 14.2 Å². The van der Waals surface area contributed by atoms with Crippen LogP contribution in [0, 0.1) is 0 Å². The lowest BCUT2D eigenvalue weighted by molar-refractivity contribution is 0.324. The Labute approximate surface area is 176 Å². The molecule has 0 aliphatic rings. The normalized spacial score (nSPS) is 10.6. The van der Waals surface area contributed by atoms with Crippen LogP contribution in [0.5, 0.6) is 17.2 Å². The fourth-order valence-electron chi connectivity index (χ4n) is 2.84. The van der Waals surface area contributed by atoms with Crippen LogP contribution < -0.4 is 19.5 Å².